The van der Waals surface area contributed by atoms with E-state index in [4.69, 9.17) is 5.26 Å². The zero-order valence-corrected chi connectivity index (χ0v) is 8.85. The maximum atomic E-state index is 8.76. The molecule has 0 saturated carbocycles. The number of hydrogen-bond acceptors (Lipinski definition) is 1. The van der Waals surface area contributed by atoms with E-state index in [1.54, 1.807) is 0 Å². The molecule has 0 aromatic heterocycles. The van der Waals surface area contributed by atoms with Gasteiger partial charge in [-0.1, -0.05) is 0 Å². The predicted molar refractivity (Wildman–Crippen MR) is 48.5 cm³/mol. The van der Waals surface area contributed by atoms with E-state index in [0.29, 0.717) is 0 Å². The molecule has 1 heterocycles. The molecule has 0 N–H and O–H groups in total. The molecule has 0 radical (unpaired) electrons. The molecule has 1 nitrogen and oxygen atoms in total. The maximum absolute atomic E-state index is 8.76. The Morgan fingerprint density at radius 3 is 2.73 bits per heavy atom. The molecule has 0 aliphatic carbocycles. The first-order valence-electron chi connectivity index (χ1n) is 3.56. The van der Waals surface area contributed by atoms with Crippen LogP contribution >= 0.6 is 0 Å². The Bertz CT molecular complexity index is 268. The van der Waals surface area contributed by atoms with E-state index in [1.807, 2.05) is 0 Å². The fourth-order valence-electron chi connectivity index (χ4n) is 1.05. The monoisotopic (exact) mass is 214 g/mol. The van der Waals surface area contributed by atoms with Crippen LogP contribution in [0.25, 0.3) is 0 Å². The van der Waals surface area contributed by atoms with Gasteiger partial charge in [-0.2, -0.15) is 0 Å². The average Bonchev–Trinajstić information content (AvgIpc) is 1.97. The molecule has 1 rings (SSSR count). The van der Waals surface area contributed by atoms with Crippen molar-refractivity contribution in [3.63, 3.8) is 0 Å². The van der Waals surface area contributed by atoms with E-state index in [0.717, 1.165) is 4.47 Å². The Labute approximate surface area is 72.3 Å². The SMILES string of the molecule is CC1=C(C)C[Se+](C)C(C#N)=C1. The molecule has 11 heavy (non-hydrogen) atoms. The van der Waals surface area contributed by atoms with Gasteiger partial charge in [-0.25, -0.2) is 0 Å². The van der Waals surface area contributed by atoms with Gasteiger partial charge in [0.05, 0.1) is 0 Å². The quantitative estimate of drug-likeness (QED) is 0.567. The first-order chi connectivity index (χ1) is 5.15. The second-order valence-electron chi connectivity index (χ2n) is 2.87. The Balaban J connectivity index is 2.98. The van der Waals surface area contributed by atoms with Crippen molar-refractivity contribution in [2.24, 2.45) is 0 Å². The van der Waals surface area contributed by atoms with Crippen LogP contribution in [-0.4, -0.2) is 13.9 Å². The first kappa shape index (κ1) is 8.58. The zero-order valence-electron chi connectivity index (χ0n) is 7.14. The minimum absolute atomic E-state index is 0.735. The summed E-state index contributed by atoms with van der Waals surface area (Å²) in [4.78, 5) is 0. The summed E-state index contributed by atoms with van der Waals surface area (Å²) in [6, 6.07) is 2.29. The molecule has 1 aliphatic rings. The van der Waals surface area contributed by atoms with Gasteiger partial charge >= 0.3 is 71.9 Å². The van der Waals surface area contributed by atoms with E-state index in [9.17, 15) is 0 Å². The van der Waals surface area contributed by atoms with Crippen LogP contribution < -0.4 is 0 Å². The van der Waals surface area contributed by atoms with Crippen molar-refractivity contribution < 1.29 is 0 Å². The molecule has 2 heteroatoms. The Morgan fingerprint density at radius 2 is 2.18 bits per heavy atom. The fraction of sp³-hybridized carbons (Fsp3) is 0.444. The molecule has 0 aromatic carbocycles. The Hall–Kier alpha value is -0.511. The van der Waals surface area contributed by atoms with Crippen molar-refractivity contribution in [3.8, 4) is 6.07 Å². The first-order valence-corrected chi connectivity index (χ1v) is 7.34. The van der Waals surface area contributed by atoms with Crippen LogP contribution in [0.2, 0.25) is 11.1 Å². The summed E-state index contributed by atoms with van der Waals surface area (Å²) in [6.07, 6.45) is 2.06. The Morgan fingerprint density at radius 1 is 1.55 bits per heavy atom. The van der Waals surface area contributed by atoms with Crippen LogP contribution in [0.3, 0.4) is 0 Å². The van der Waals surface area contributed by atoms with Crippen LogP contribution in [0.5, 0.6) is 0 Å². The zero-order chi connectivity index (χ0) is 8.43. The molecule has 58 valence electrons. The van der Waals surface area contributed by atoms with Gasteiger partial charge in [0.25, 0.3) is 0 Å². The van der Waals surface area contributed by atoms with Gasteiger partial charge in [-0.15, -0.1) is 0 Å². The molecule has 1 aliphatic heterocycles. The third-order valence-electron chi connectivity index (χ3n) is 1.94. The van der Waals surface area contributed by atoms with Gasteiger partial charge in [-0.3, -0.25) is 0 Å². The van der Waals surface area contributed by atoms with E-state index >= 15 is 0 Å². The van der Waals surface area contributed by atoms with Gasteiger partial charge in [0, 0.05) is 0 Å². The summed E-state index contributed by atoms with van der Waals surface area (Å²) in [5.74, 6) is 2.23. The number of nitriles is 1. The number of rotatable bonds is 0. The topological polar surface area (TPSA) is 23.8 Å². The van der Waals surface area contributed by atoms with Crippen LogP contribution in [0, 0.1) is 11.3 Å². The minimum atomic E-state index is -0.735. The molecule has 0 fully saturated rings. The Kier molecular flexibility index (Phi) is 2.54. The summed E-state index contributed by atoms with van der Waals surface area (Å²) in [5.41, 5.74) is 2.76. The van der Waals surface area contributed by atoms with E-state index < -0.39 is 13.9 Å². The standard InChI is InChI=1S/C9H12NSe/c1-7-4-9(5-10)11(3)6-8(7)2/h4H,6H2,1-3H3/q+1. The number of nitrogens with zero attached hydrogens (tertiary/aromatic N) is 1. The van der Waals surface area contributed by atoms with Gasteiger partial charge in [0.2, 0.25) is 0 Å². The van der Waals surface area contributed by atoms with Gasteiger partial charge in [-0.05, 0) is 0 Å². The number of allylic oxidation sites excluding steroid dienone is 4. The normalized spacial score (nSPS) is 24.5. The summed E-state index contributed by atoms with van der Waals surface area (Å²) in [6.45, 7) is 4.25. The van der Waals surface area contributed by atoms with Crippen molar-refractivity contribution in [1.29, 1.82) is 5.26 Å². The average molecular weight is 213 g/mol. The van der Waals surface area contributed by atoms with Crippen LogP contribution in [0.1, 0.15) is 13.8 Å². The predicted octanol–water partition coefficient (Wildman–Crippen LogP) is 2.45. The molecule has 0 amide bonds. The van der Waals surface area contributed by atoms with Crippen molar-refractivity contribution in [2.75, 3.05) is 0 Å². The molecule has 0 saturated heterocycles. The molecule has 0 bridgehead atoms. The summed E-state index contributed by atoms with van der Waals surface area (Å²) < 4.78 is 1.05. The molecular formula is C9H12NSe+. The molecular weight excluding hydrogens is 201 g/mol. The van der Waals surface area contributed by atoms with Gasteiger partial charge in [0.1, 0.15) is 0 Å². The third kappa shape index (κ3) is 1.74. The van der Waals surface area contributed by atoms with E-state index in [1.165, 1.54) is 16.5 Å². The van der Waals surface area contributed by atoms with Crippen molar-refractivity contribution >= 4 is 13.9 Å². The van der Waals surface area contributed by atoms with E-state index in [-0.39, 0.29) is 0 Å². The van der Waals surface area contributed by atoms with Crippen LogP contribution in [0.15, 0.2) is 21.7 Å². The van der Waals surface area contributed by atoms with Crippen molar-refractivity contribution in [2.45, 2.75) is 25.0 Å². The van der Waals surface area contributed by atoms with Gasteiger partial charge in [0.15, 0.2) is 0 Å². The fourth-order valence-corrected chi connectivity index (χ4v) is 4.33. The summed E-state index contributed by atoms with van der Waals surface area (Å²) in [5, 5.41) is 9.93. The summed E-state index contributed by atoms with van der Waals surface area (Å²) >= 11 is -0.735. The van der Waals surface area contributed by atoms with Crippen LogP contribution in [-0.2, 0) is 0 Å². The molecule has 0 aromatic rings. The molecule has 0 spiro atoms. The van der Waals surface area contributed by atoms with Crippen molar-refractivity contribution in [1.82, 2.24) is 0 Å². The summed E-state index contributed by atoms with van der Waals surface area (Å²) in [7, 11) is 0. The van der Waals surface area contributed by atoms with Crippen LogP contribution in [0.4, 0.5) is 0 Å². The van der Waals surface area contributed by atoms with E-state index in [2.05, 4.69) is 31.8 Å². The van der Waals surface area contributed by atoms with Gasteiger partial charge < -0.3 is 0 Å². The second kappa shape index (κ2) is 3.26. The number of hydrogen-bond donors (Lipinski definition) is 0. The molecule has 1 atom stereocenters. The van der Waals surface area contributed by atoms with Crippen molar-refractivity contribution in [3.05, 3.63) is 21.7 Å². The second-order valence-corrected chi connectivity index (χ2v) is 7.07. The third-order valence-corrected chi connectivity index (χ3v) is 5.77. The molecule has 1 unspecified atom stereocenters.